The van der Waals surface area contributed by atoms with Gasteiger partial charge in [0.25, 0.3) is 0 Å². The van der Waals surface area contributed by atoms with Crippen LogP contribution in [0.2, 0.25) is 0 Å². The summed E-state index contributed by atoms with van der Waals surface area (Å²) in [5.41, 5.74) is 2.06. The fourth-order valence-electron chi connectivity index (χ4n) is 2.65. The zero-order chi connectivity index (χ0) is 16.8. The standard InChI is InChI=1S/C17H23N5O2/c1-14(22-13-18-12-19-22)17(23)20-16-4-2-15(3-5-16)6-7-21-8-10-24-11-9-21/h2-5,12-14H,6-11H2,1H3,(H,20,23)/t14-/m0/s1. The SMILES string of the molecule is C[C@@H](C(=O)Nc1ccc(CCN2CCOCC2)cc1)n1cncn1. The lowest BCUT2D eigenvalue weighted by Gasteiger charge is -2.26. The minimum Gasteiger partial charge on any atom is -0.379 e. The highest BCUT2D eigenvalue weighted by Gasteiger charge is 2.15. The molecule has 3 rings (SSSR count). The highest BCUT2D eigenvalue weighted by atomic mass is 16.5. The minimum atomic E-state index is -0.395. The summed E-state index contributed by atoms with van der Waals surface area (Å²) < 4.78 is 6.89. The smallest absolute Gasteiger partial charge is 0.249 e. The van der Waals surface area contributed by atoms with Gasteiger partial charge in [0.2, 0.25) is 5.91 Å². The van der Waals surface area contributed by atoms with Crippen LogP contribution in [0.25, 0.3) is 0 Å². The fraction of sp³-hybridized carbons (Fsp3) is 0.471. The van der Waals surface area contributed by atoms with Crippen molar-refractivity contribution in [1.29, 1.82) is 0 Å². The predicted octanol–water partition coefficient (Wildman–Crippen LogP) is 1.35. The first-order valence-corrected chi connectivity index (χ1v) is 8.26. The molecule has 128 valence electrons. The van der Waals surface area contributed by atoms with Crippen LogP contribution in [0.15, 0.2) is 36.9 Å². The Kier molecular flexibility index (Phi) is 5.55. The van der Waals surface area contributed by atoms with E-state index in [-0.39, 0.29) is 5.91 Å². The second-order valence-electron chi connectivity index (χ2n) is 5.94. The minimum absolute atomic E-state index is 0.110. The first-order valence-electron chi connectivity index (χ1n) is 8.26. The Morgan fingerprint density at radius 3 is 2.71 bits per heavy atom. The lowest BCUT2D eigenvalue weighted by molar-refractivity contribution is -0.119. The lowest BCUT2D eigenvalue weighted by Crippen LogP contribution is -2.37. The van der Waals surface area contributed by atoms with E-state index in [2.05, 4.69) is 32.4 Å². The molecule has 1 atom stereocenters. The van der Waals surface area contributed by atoms with Gasteiger partial charge in [-0.15, -0.1) is 0 Å². The molecule has 7 nitrogen and oxygen atoms in total. The van der Waals surface area contributed by atoms with Crippen LogP contribution in [0.3, 0.4) is 0 Å². The van der Waals surface area contributed by atoms with Crippen molar-refractivity contribution >= 4 is 11.6 Å². The van der Waals surface area contributed by atoms with Gasteiger partial charge in [-0.05, 0) is 31.0 Å². The van der Waals surface area contributed by atoms with Gasteiger partial charge in [-0.1, -0.05) is 12.1 Å². The van der Waals surface area contributed by atoms with Gasteiger partial charge in [0, 0.05) is 25.3 Å². The van der Waals surface area contributed by atoms with Crippen molar-refractivity contribution in [3.05, 3.63) is 42.5 Å². The first kappa shape index (κ1) is 16.6. The third kappa shape index (κ3) is 4.39. The van der Waals surface area contributed by atoms with Gasteiger partial charge in [0.15, 0.2) is 0 Å². The van der Waals surface area contributed by atoms with E-state index < -0.39 is 6.04 Å². The van der Waals surface area contributed by atoms with Crippen molar-refractivity contribution in [2.75, 3.05) is 38.2 Å². The van der Waals surface area contributed by atoms with E-state index in [0.29, 0.717) is 0 Å². The van der Waals surface area contributed by atoms with Gasteiger partial charge >= 0.3 is 0 Å². The van der Waals surface area contributed by atoms with Gasteiger partial charge in [0.1, 0.15) is 18.7 Å². The summed E-state index contributed by atoms with van der Waals surface area (Å²) in [7, 11) is 0. The third-order valence-electron chi connectivity index (χ3n) is 4.25. The number of carbonyl (C=O) groups excluding carboxylic acids is 1. The highest BCUT2D eigenvalue weighted by molar-refractivity contribution is 5.93. The molecule has 1 N–H and O–H groups in total. The Bertz CT molecular complexity index is 636. The monoisotopic (exact) mass is 329 g/mol. The Morgan fingerprint density at radius 1 is 1.29 bits per heavy atom. The summed E-state index contributed by atoms with van der Waals surface area (Å²) in [6.07, 6.45) is 3.97. The first-order chi connectivity index (χ1) is 11.7. The van der Waals surface area contributed by atoms with Crippen LogP contribution in [0.5, 0.6) is 0 Å². The largest absolute Gasteiger partial charge is 0.379 e. The lowest BCUT2D eigenvalue weighted by atomic mass is 10.1. The molecule has 2 heterocycles. The van der Waals surface area contributed by atoms with Crippen LogP contribution in [0.4, 0.5) is 5.69 Å². The van der Waals surface area contributed by atoms with Gasteiger partial charge < -0.3 is 10.1 Å². The summed E-state index contributed by atoms with van der Waals surface area (Å²) >= 11 is 0. The number of aromatic nitrogens is 3. The predicted molar refractivity (Wildman–Crippen MR) is 90.8 cm³/mol. The van der Waals surface area contributed by atoms with Crippen LogP contribution < -0.4 is 5.32 Å². The number of anilines is 1. The van der Waals surface area contributed by atoms with E-state index >= 15 is 0 Å². The summed E-state index contributed by atoms with van der Waals surface area (Å²) in [6.45, 7) is 6.51. The quantitative estimate of drug-likeness (QED) is 0.866. The van der Waals surface area contributed by atoms with Crippen LogP contribution >= 0.6 is 0 Å². The maximum Gasteiger partial charge on any atom is 0.249 e. The maximum absolute atomic E-state index is 12.2. The molecule has 1 fully saturated rings. The molecule has 1 aliphatic heterocycles. The molecular weight excluding hydrogens is 306 g/mol. The summed E-state index contributed by atoms with van der Waals surface area (Å²) in [4.78, 5) is 18.5. The van der Waals surface area contributed by atoms with Crippen molar-refractivity contribution < 1.29 is 9.53 Å². The zero-order valence-corrected chi connectivity index (χ0v) is 13.9. The molecule has 0 aliphatic carbocycles. The molecule has 0 unspecified atom stereocenters. The number of benzene rings is 1. The maximum atomic E-state index is 12.2. The van der Waals surface area contributed by atoms with Gasteiger partial charge in [-0.2, -0.15) is 5.10 Å². The molecule has 1 aromatic heterocycles. The Balaban J connectivity index is 1.49. The van der Waals surface area contributed by atoms with Crippen LogP contribution in [0, 0.1) is 0 Å². The number of morpholine rings is 1. The molecule has 1 aromatic carbocycles. The van der Waals surface area contributed by atoms with Crippen molar-refractivity contribution in [1.82, 2.24) is 19.7 Å². The number of amides is 1. The van der Waals surface area contributed by atoms with Crippen molar-refractivity contribution in [3.63, 3.8) is 0 Å². The second kappa shape index (κ2) is 8.03. The summed E-state index contributed by atoms with van der Waals surface area (Å²) in [6, 6.07) is 7.63. The number of hydrogen-bond donors (Lipinski definition) is 1. The average Bonchev–Trinajstić information content (AvgIpc) is 3.16. The molecule has 2 aromatic rings. The summed E-state index contributed by atoms with van der Waals surface area (Å²) in [5, 5.41) is 6.90. The molecule has 1 amide bonds. The number of nitrogens with zero attached hydrogens (tertiary/aromatic N) is 4. The van der Waals surface area contributed by atoms with Gasteiger partial charge in [-0.25, -0.2) is 9.67 Å². The van der Waals surface area contributed by atoms with E-state index in [9.17, 15) is 4.79 Å². The number of rotatable bonds is 6. The van der Waals surface area contributed by atoms with Gasteiger partial charge in [0.05, 0.1) is 13.2 Å². The van der Waals surface area contributed by atoms with Crippen molar-refractivity contribution in [2.45, 2.75) is 19.4 Å². The Morgan fingerprint density at radius 2 is 2.04 bits per heavy atom. The normalized spacial score (nSPS) is 16.7. The van der Waals surface area contributed by atoms with E-state index in [1.165, 1.54) is 16.6 Å². The van der Waals surface area contributed by atoms with E-state index in [0.717, 1.165) is 45.0 Å². The second-order valence-corrected chi connectivity index (χ2v) is 5.94. The van der Waals surface area contributed by atoms with E-state index in [4.69, 9.17) is 4.74 Å². The molecule has 0 bridgehead atoms. The fourth-order valence-corrected chi connectivity index (χ4v) is 2.65. The molecule has 0 radical (unpaired) electrons. The molecule has 1 saturated heterocycles. The zero-order valence-electron chi connectivity index (χ0n) is 13.9. The van der Waals surface area contributed by atoms with Crippen molar-refractivity contribution in [3.8, 4) is 0 Å². The Hall–Kier alpha value is -2.25. The number of nitrogens with one attached hydrogen (secondary N) is 1. The molecule has 0 saturated carbocycles. The number of carbonyl (C=O) groups is 1. The Labute approximate surface area is 141 Å². The summed E-state index contributed by atoms with van der Waals surface area (Å²) in [5.74, 6) is -0.110. The van der Waals surface area contributed by atoms with Crippen LogP contribution in [-0.4, -0.2) is 58.4 Å². The van der Waals surface area contributed by atoms with Gasteiger partial charge in [-0.3, -0.25) is 9.69 Å². The molecule has 1 aliphatic rings. The molecule has 24 heavy (non-hydrogen) atoms. The van der Waals surface area contributed by atoms with Crippen LogP contribution in [0.1, 0.15) is 18.5 Å². The highest BCUT2D eigenvalue weighted by Crippen LogP contribution is 2.13. The van der Waals surface area contributed by atoms with E-state index in [1.54, 1.807) is 13.3 Å². The number of hydrogen-bond acceptors (Lipinski definition) is 5. The number of ether oxygens (including phenoxy) is 1. The molecule has 7 heteroatoms. The average molecular weight is 329 g/mol. The van der Waals surface area contributed by atoms with E-state index in [1.807, 2.05) is 12.1 Å². The third-order valence-corrected chi connectivity index (χ3v) is 4.25. The van der Waals surface area contributed by atoms with Crippen molar-refractivity contribution in [2.24, 2.45) is 0 Å². The molecule has 0 spiro atoms. The molecular formula is C17H23N5O2. The topological polar surface area (TPSA) is 72.3 Å². The van der Waals surface area contributed by atoms with Crippen LogP contribution in [-0.2, 0) is 16.0 Å².